The zero-order valence-corrected chi connectivity index (χ0v) is 11.6. The summed E-state index contributed by atoms with van der Waals surface area (Å²) in [6, 6.07) is 5.59. The number of anilines is 2. The number of piperidine rings is 1. The largest absolute Gasteiger partial charge is 0.370 e. The minimum atomic E-state index is -0.224. The molecule has 1 saturated heterocycles. The lowest BCUT2D eigenvalue weighted by molar-refractivity contribution is -0.113. The average Bonchev–Trinajstić information content (AvgIpc) is 2.40. The van der Waals surface area contributed by atoms with Gasteiger partial charge in [0.1, 0.15) is 5.88 Å². The van der Waals surface area contributed by atoms with Crippen molar-refractivity contribution >= 4 is 40.5 Å². The maximum absolute atomic E-state index is 11.2. The van der Waals surface area contributed by atoms with Crippen molar-refractivity contribution in [2.24, 2.45) is 0 Å². The van der Waals surface area contributed by atoms with Gasteiger partial charge in [0, 0.05) is 18.8 Å². The molecule has 2 rings (SSSR count). The number of nitrogens with zero attached hydrogens (tertiary/aromatic N) is 1. The van der Waals surface area contributed by atoms with E-state index in [4.69, 9.17) is 23.2 Å². The molecule has 18 heavy (non-hydrogen) atoms. The molecule has 1 aromatic rings. The van der Waals surface area contributed by atoms with E-state index in [0.717, 1.165) is 18.8 Å². The summed E-state index contributed by atoms with van der Waals surface area (Å²) in [5, 5.41) is 3.36. The molecule has 1 aromatic carbocycles. The van der Waals surface area contributed by atoms with Crippen LogP contribution in [0.3, 0.4) is 0 Å². The highest BCUT2D eigenvalue weighted by Crippen LogP contribution is 2.30. The standard InChI is InChI=1S/C13H16Cl2N2O/c14-9-13(18)16-10-4-5-12(11(15)8-10)17-6-2-1-3-7-17/h4-5,8H,1-3,6-7,9H2,(H,16,18). The SMILES string of the molecule is O=C(CCl)Nc1ccc(N2CCCCC2)c(Cl)c1. The van der Waals surface area contributed by atoms with Gasteiger partial charge in [-0.3, -0.25) is 4.79 Å². The molecule has 1 N–H and O–H groups in total. The topological polar surface area (TPSA) is 32.3 Å². The fraction of sp³-hybridized carbons (Fsp3) is 0.462. The van der Waals surface area contributed by atoms with Crippen molar-refractivity contribution in [3.63, 3.8) is 0 Å². The fourth-order valence-electron chi connectivity index (χ4n) is 2.17. The maximum Gasteiger partial charge on any atom is 0.239 e. The van der Waals surface area contributed by atoms with Gasteiger partial charge >= 0.3 is 0 Å². The van der Waals surface area contributed by atoms with E-state index in [-0.39, 0.29) is 11.8 Å². The second-order valence-electron chi connectivity index (χ2n) is 4.40. The van der Waals surface area contributed by atoms with Crippen molar-refractivity contribution < 1.29 is 4.79 Å². The average molecular weight is 287 g/mol. The summed E-state index contributed by atoms with van der Waals surface area (Å²) in [5.74, 6) is -0.274. The van der Waals surface area contributed by atoms with E-state index in [9.17, 15) is 4.79 Å². The Morgan fingerprint density at radius 1 is 1.28 bits per heavy atom. The van der Waals surface area contributed by atoms with Crippen molar-refractivity contribution in [2.75, 3.05) is 29.2 Å². The molecule has 1 heterocycles. The Kier molecular flexibility index (Phi) is 4.72. The van der Waals surface area contributed by atoms with E-state index >= 15 is 0 Å². The lowest BCUT2D eigenvalue weighted by atomic mass is 10.1. The molecule has 0 aliphatic carbocycles. The molecule has 0 bridgehead atoms. The Balaban J connectivity index is 2.11. The van der Waals surface area contributed by atoms with Crippen LogP contribution in [0.1, 0.15) is 19.3 Å². The van der Waals surface area contributed by atoms with E-state index in [0.29, 0.717) is 10.7 Å². The van der Waals surface area contributed by atoms with Crippen LogP contribution in [0.2, 0.25) is 5.02 Å². The van der Waals surface area contributed by atoms with E-state index in [1.807, 2.05) is 12.1 Å². The van der Waals surface area contributed by atoms with Crippen LogP contribution >= 0.6 is 23.2 Å². The van der Waals surface area contributed by atoms with Crippen LogP contribution in [0, 0.1) is 0 Å². The van der Waals surface area contributed by atoms with Gasteiger partial charge in [0.25, 0.3) is 0 Å². The van der Waals surface area contributed by atoms with Gasteiger partial charge in [-0.2, -0.15) is 0 Å². The van der Waals surface area contributed by atoms with Crippen molar-refractivity contribution in [3.05, 3.63) is 23.2 Å². The molecular formula is C13H16Cl2N2O. The van der Waals surface area contributed by atoms with Crippen LogP contribution < -0.4 is 10.2 Å². The Hall–Kier alpha value is -0.930. The number of benzene rings is 1. The normalized spacial score (nSPS) is 15.6. The second-order valence-corrected chi connectivity index (χ2v) is 5.07. The molecule has 0 atom stereocenters. The van der Waals surface area contributed by atoms with Crippen LogP contribution in [0.15, 0.2) is 18.2 Å². The quantitative estimate of drug-likeness (QED) is 0.863. The fourth-order valence-corrected chi connectivity index (χ4v) is 2.54. The number of hydrogen-bond donors (Lipinski definition) is 1. The zero-order chi connectivity index (χ0) is 13.0. The van der Waals surface area contributed by atoms with E-state index in [2.05, 4.69) is 10.2 Å². The van der Waals surface area contributed by atoms with Crippen molar-refractivity contribution in [3.8, 4) is 0 Å². The minimum absolute atomic E-state index is 0.0501. The highest BCUT2D eigenvalue weighted by molar-refractivity contribution is 6.33. The summed E-state index contributed by atoms with van der Waals surface area (Å²) >= 11 is 11.7. The van der Waals surface area contributed by atoms with Crippen LogP contribution in [-0.2, 0) is 4.79 Å². The first-order valence-corrected chi connectivity index (χ1v) is 7.02. The molecule has 0 unspecified atom stereocenters. The zero-order valence-electron chi connectivity index (χ0n) is 10.1. The van der Waals surface area contributed by atoms with Gasteiger partial charge in [-0.1, -0.05) is 11.6 Å². The van der Waals surface area contributed by atoms with Gasteiger partial charge in [0.15, 0.2) is 0 Å². The number of amides is 1. The van der Waals surface area contributed by atoms with Crippen molar-refractivity contribution in [1.82, 2.24) is 0 Å². The third kappa shape index (κ3) is 3.30. The molecule has 3 nitrogen and oxygen atoms in total. The summed E-state index contributed by atoms with van der Waals surface area (Å²) in [6.07, 6.45) is 3.71. The lowest BCUT2D eigenvalue weighted by Crippen LogP contribution is -2.29. The Morgan fingerprint density at radius 3 is 2.61 bits per heavy atom. The summed E-state index contributed by atoms with van der Waals surface area (Å²) in [6.45, 7) is 2.10. The van der Waals surface area contributed by atoms with Gasteiger partial charge in [-0.25, -0.2) is 0 Å². The predicted molar refractivity (Wildman–Crippen MR) is 76.9 cm³/mol. The lowest BCUT2D eigenvalue weighted by Gasteiger charge is -2.29. The maximum atomic E-state index is 11.2. The van der Waals surface area contributed by atoms with Gasteiger partial charge in [-0.15, -0.1) is 11.6 Å². The number of alkyl halides is 1. The molecule has 1 fully saturated rings. The van der Waals surface area contributed by atoms with Gasteiger partial charge in [0.05, 0.1) is 10.7 Å². The monoisotopic (exact) mass is 286 g/mol. The molecule has 98 valence electrons. The number of halogens is 2. The van der Waals surface area contributed by atoms with Crippen LogP contribution in [0.5, 0.6) is 0 Å². The summed E-state index contributed by atoms with van der Waals surface area (Å²) in [4.78, 5) is 13.5. The molecule has 1 amide bonds. The molecule has 1 aliphatic rings. The first-order chi connectivity index (χ1) is 8.70. The smallest absolute Gasteiger partial charge is 0.239 e. The summed E-state index contributed by atoms with van der Waals surface area (Å²) in [7, 11) is 0. The molecule has 0 saturated carbocycles. The molecule has 0 spiro atoms. The van der Waals surface area contributed by atoms with Crippen molar-refractivity contribution in [1.29, 1.82) is 0 Å². The van der Waals surface area contributed by atoms with Crippen LogP contribution in [0.25, 0.3) is 0 Å². The van der Waals surface area contributed by atoms with Gasteiger partial charge in [-0.05, 0) is 37.5 Å². The molecule has 5 heteroatoms. The minimum Gasteiger partial charge on any atom is -0.370 e. The second kappa shape index (κ2) is 6.30. The number of nitrogens with one attached hydrogen (secondary N) is 1. The third-order valence-electron chi connectivity index (χ3n) is 3.05. The molecular weight excluding hydrogens is 271 g/mol. The van der Waals surface area contributed by atoms with E-state index in [1.54, 1.807) is 6.07 Å². The molecule has 1 aliphatic heterocycles. The van der Waals surface area contributed by atoms with Gasteiger partial charge in [0.2, 0.25) is 5.91 Å². The van der Waals surface area contributed by atoms with Gasteiger partial charge < -0.3 is 10.2 Å². The Bertz CT molecular complexity index is 431. The molecule has 0 aromatic heterocycles. The van der Waals surface area contributed by atoms with Crippen molar-refractivity contribution in [2.45, 2.75) is 19.3 Å². The highest BCUT2D eigenvalue weighted by atomic mass is 35.5. The summed E-state index contributed by atoms with van der Waals surface area (Å²) < 4.78 is 0. The summed E-state index contributed by atoms with van der Waals surface area (Å²) in [5.41, 5.74) is 1.73. The predicted octanol–water partition coefficient (Wildman–Crippen LogP) is 3.51. The number of carbonyl (C=O) groups is 1. The third-order valence-corrected chi connectivity index (χ3v) is 3.60. The number of rotatable bonds is 3. The first kappa shape index (κ1) is 13.5. The number of hydrogen-bond acceptors (Lipinski definition) is 2. The Labute approximate surface area is 117 Å². The first-order valence-electron chi connectivity index (χ1n) is 6.11. The van der Waals surface area contributed by atoms with Crippen LogP contribution in [0.4, 0.5) is 11.4 Å². The van der Waals surface area contributed by atoms with E-state index in [1.165, 1.54) is 19.3 Å². The number of carbonyl (C=O) groups excluding carboxylic acids is 1. The Morgan fingerprint density at radius 2 is 2.00 bits per heavy atom. The highest BCUT2D eigenvalue weighted by Gasteiger charge is 2.14. The van der Waals surface area contributed by atoms with Crippen LogP contribution in [-0.4, -0.2) is 24.9 Å². The van der Waals surface area contributed by atoms with E-state index < -0.39 is 0 Å². The molecule has 0 radical (unpaired) electrons.